The molecule has 1 saturated heterocycles. The number of aliphatic hydroxyl groups is 1. The zero-order valence-corrected chi connectivity index (χ0v) is 69.0. The van der Waals surface area contributed by atoms with Crippen molar-refractivity contribution < 1.29 is 72.5 Å². The number of phenols is 2. The number of phenolic OH excluding ortho intramolecular Hbond substituents is 2. The highest BCUT2D eigenvalue weighted by atomic mass is 16.7. The van der Waals surface area contributed by atoms with E-state index in [1.54, 1.807) is 24.3 Å². The van der Waals surface area contributed by atoms with E-state index < -0.39 is 28.1 Å². The van der Waals surface area contributed by atoms with E-state index in [0.717, 1.165) is 83.0 Å². The van der Waals surface area contributed by atoms with Crippen LogP contribution in [0.4, 0.5) is 0 Å². The predicted octanol–water partition coefficient (Wildman–Crippen LogP) is 20.9. The SMILES string of the molecule is CC(C)OC(CC(C)(C)C)OC(=O)c1ccc2c(c1)CC(C)C2C.CCC(C)(C)C(=O)OC(OCC(C)(C)C)C1CC2CCC1C2.CCC(C)(C)C(=O)OC12CC3CC(CC(O)(C3)C1)C2.CCC(C)(C)C(=O)OC1C2CC3C(=O)OC1C3C2.CCC(C)c1ccc(O)cc1.CCC(C)c1ccc(O)cc1. The summed E-state index contributed by atoms with van der Waals surface area (Å²) in [5.41, 5.74) is 3.77. The Balaban J connectivity index is 0.000000180. The molecule has 16 unspecified atom stereocenters. The number of carbonyl (C=O) groups is 5. The molecule has 13 rings (SSSR count). The fourth-order valence-electron chi connectivity index (χ4n) is 17.2. The standard InChI is InChI=1S/C21H32O3.C19H34O3.C16H26O3.C14H20O4.2C10H14O/c1-13(2)23-19(12-21(5,6)7)24-20(22)16-8-9-18-15(4)14(3)10-17(18)11-16;1-7-19(5,6)17(20)22-16(21-12-18(2,3)4)15-11-13-8-9-14(15)10-13;1-4-14(2,3)13(17)19-16-8-11-5-12(9-16)7-15(18,6-11)10-16;1-4-14(2,3)13(16)18-10-7-5-8-9(6-7)12(15)17-11(8)10;2*1-3-8(2)9-4-6-10(11)7-5-9/h8-9,11,13-15,19H,10,12H2,1-7H3;13-16H,7-12H2,1-6H3;11-12,18H,4-10H2,1-3H3;7-11H,4-6H2,1-3H3;2*4-8,11H,3H2,1-2H3. The van der Waals surface area contributed by atoms with Crippen molar-refractivity contribution in [3.63, 3.8) is 0 Å². The molecule has 8 saturated carbocycles. The van der Waals surface area contributed by atoms with Crippen molar-refractivity contribution in [2.75, 3.05) is 6.61 Å². The van der Waals surface area contributed by atoms with E-state index in [0.29, 0.717) is 95.7 Å². The first-order valence-electron chi connectivity index (χ1n) is 40.6. The lowest BCUT2D eigenvalue weighted by Gasteiger charge is -2.59. The monoisotopic (exact) mass is 1460 g/mol. The summed E-state index contributed by atoms with van der Waals surface area (Å²) >= 11 is 0. The molecule has 3 aromatic carbocycles. The van der Waals surface area contributed by atoms with Gasteiger partial charge >= 0.3 is 29.8 Å². The van der Waals surface area contributed by atoms with Gasteiger partial charge in [0.2, 0.25) is 12.6 Å². The van der Waals surface area contributed by atoms with Crippen LogP contribution in [0.25, 0.3) is 0 Å². The van der Waals surface area contributed by atoms with E-state index in [2.05, 4.69) is 89.2 Å². The molecule has 3 N–H and O–H groups in total. The molecule has 9 fully saturated rings. The van der Waals surface area contributed by atoms with Crippen LogP contribution in [-0.2, 0) is 58.8 Å². The predicted molar refractivity (Wildman–Crippen MR) is 415 cm³/mol. The van der Waals surface area contributed by atoms with Crippen molar-refractivity contribution in [3.8, 4) is 11.5 Å². The highest BCUT2D eigenvalue weighted by molar-refractivity contribution is 5.90. The van der Waals surface area contributed by atoms with Gasteiger partial charge in [-0.15, -0.1) is 0 Å². The molecule has 0 amide bonds. The number of rotatable bonds is 21. The van der Waals surface area contributed by atoms with Gasteiger partial charge in [-0.25, -0.2) is 4.79 Å². The molecule has 0 spiro atoms. The number of esters is 5. The third-order valence-electron chi connectivity index (χ3n) is 25.2. The molecule has 0 aromatic heterocycles. The van der Waals surface area contributed by atoms with Crippen LogP contribution < -0.4 is 0 Å². The van der Waals surface area contributed by atoms with Gasteiger partial charge in [0.1, 0.15) is 29.3 Å². The molecule has 3 aromatic rings. The largest absolute Gasteiger partial charge is 0.508 e. The van der Waals surface area contributed by atoms with Gasteiger partial charge in [-0.2, -0.15) is 0 Å². The van der Waals surface area contributed by atoms with E-state index in [1.165, 1.54) is 54.4 Å². The number of hydrogen-bond donors (Lipinski definition) is 3. The Morgan fingerprint density at radius 3 is 1.63 bits per heavy atom. The Morgan fingerprint density at radius 2 is 1.15 bits per heavy atom. The second-order valence-electron chi connectivity index (χ2n) is 38.2. The summed E-state index contributed by atoms with van der Waals surface area (Å²) in [6.45, 7) is 48.2. The molecule has 15 nitrogen and oxygen atoms in total. The molecule has 9 aliphatic carbocycles. The van der Waals surface area contributed by atoms with Crippen LogP contribution in [0, 0.1) is 80.3 Å². The molecule has 1 aliphatic heterocycles. The maximum atomic E-state index is 12.6. The molecule has 105 heavy (non-hydrogen) atoms. The first-order valence-corrected chi connectivity index (χ1v) is 40.6. The highest BCUT2D eigenvalue weighted by Crippen LogP contribution is 2.60. The van der Waals surface area contributed by atoms with Crippen molar-refractivity contribution in [3.05, 3.63) is 94.5 Å². The summed E-state index contributed by atoms with van der Waals surface area (Å²) in [6.07, 6.45) is 17.7. The Kier molecular flexibility index (Phi) is 29.6. The number of aromatic hydroxyl groups is 2. The van der Waals surface area contributed by atoms with Crippen LogP contribution in [0.2, 0.25) is 0 Å². The third kappa shape index (κ3) is 23.5. The second-order valence-corrected chi connectivity index (χ2v) is 38.2. The fourth-order valence-corrected chi connectivity index (χ4v) is 17.2. The Labute approximate surface area is 633 Å². The van der Waals surface area contributed by atoms with Crippen molar-refractivity contribution >= 4 is 29.8 Å². The lowest BCUT2D eigenvalue weighted by Crippen LogP contribution is -2.61. The number of ether oxygens (including phenoxy) is 7. The maximum absolute atomic E-state index is 12.6. The Bertz CT molecular complexity index is 3250. The topological polar surface area (TPSA) is 211 Å². The molecule has 8 bridgehead atoms. The van der Waals surface area contributed by atoms with Crippen LogP contribution in [0.5, 0.6) is 11.5 Å². The van der Waals surface area contributed by atoms with E-state index in [4.69, 9.17) is 43.4 Å². The summed E-state index contributed by atoms with van der Waals surface area (Å²) in [7, 11) is 0. The average Bonchev–Trinajstić information content (AvgIpc) is 1.65. The van der Waals surface area contributed by atoms with Crippen LogP contribution >= 0.6 is 0 Å². The smallest absolute Gasteiger partial charge is 0.340 e. The van der Waals surface area contributed by atoms with E-state index in [9.17, 15) is 29.1 Å². The number of hydrogen-bond acceptors (Lipinski definition) is 15. The molecule has 590 valence electrons. The number of carbonyl (C=O) groups excluding carboxylic acids is 5. The highest BCUT2D eigenvalue weighted by Gasteiger charge is 2.64. The van der Waals surface area contributed by atoms with E-state index in [1.807, 2.05) is 113 Å². The minimum absolute atomic E-state index is 0.0202. The summed E-state index contributed by atoms with van der Waals surface area (Å²) in [5, 5.41) is 28.7. The fraction of sp³-hybridized carbons (Fsp3) is 0.744. The van der Waals surface area contributed by atoms with Crippen LogP contribution in [-0.4, -0.2) is 93.9 Å². The molecule has 10 aliphatic rings. The van der Waals surface area contributed by atoms with Crippen LogP contribution in [0.1, 0.15) is 325 Å². The molecule has 0 radical (unpaired) electrons. The third-order valence-corrected chi connectivity index (χ3v) is 25.2. The van der Waals surface area contributed by atoms with Gasteiger partial charge in [-0.3, -0.25) is 19.2 Å². The summed E-state index contributed by atoms with van der Waals surface area (Å²) in [6, 6.07) is 20.8. The van der Waals surface area contributed by atoms with Crippen LogP contribution in [0.3, 0.4) is 0 Å². The number of benzene rings is 3. The lowest BCUT2D eigenvalue weighted by molar-refractivity contribution is -0.225. The first kappa shape index (κ1) is 86.7. The lowest BCUT2D eigenvalue weighted by atomic mass is 9.52. The van der Waals surface area contributed by atoms with Crippen molar-refractivity contribution in [1.29, 1.82) is 0 Å². The Hall–Kier alpha value is -5.51. The zero-order valence-electron chi connectivity index (χ0n) is 69.0. The number of fused-ring (bicyclic) bond motifs is 4. The minimum Gasteiger partial charge on any atom is -0.508 e. The summed E-state index contributed by atoms with van der Waals surface area (Å²) in [4.78, 5) is 61.2. The van der Waals surface area contributed by atoms with E-state index >= 15 is 0 Å². The Morgan fingerprint density at radius 1 is 0.610 bits per heavy atom. The summed E-state index contributed by atoms with van der Waals surface area (Å²) < 4.78 is 40.5. The molecule has 1 heterocycles. The van der Waals surface area contributed by atoms with Crippen molar-refractivity contribution in [1.82, 2.24) is 0 Å². The van der Waals surface area contributed by atoms with E-state index in [-0.39, 0.29) is 76.8 Å². The zero-order chi connectivity index (χ0) is 78.1. The van der Waals surface area contributed by atoms with Crippen LogP contribution in [0.15, 0.2) is 66.7 Å². The van der Waals surface area contributed by atoms with Gasteiger partial charge in [-0.1, -0.05) is 141 Å². The summed E-state index contributed by atoms with van der Waals surface area (Å²) in [5.74, 6) is 6.06. The molecular weight excluding hydrogens is 1320 g/mol. The van der Waals surface area contributed by atoms with Gasteiger partial charge in [0.15, 0.2) is 0 Å². The normalized spacial score (nSPS) is 28.9. The average molecular weight is 1460 g/mol. The van der Waals surface area contributed by atoms with Crippen molar-refractivity contribution in [2.45, 2.75) is 341 Å². The van der Waals surface area contributed by atoms with Crippen molar-refractivity contribution in [2.24, 2.45) is 80.3 Å². The van der Waals surface area contributed by atoms with Gasteiger partial charge in [-0.05, 0) is 275 Å². The quantitative estimate of drug-likeness (QED) is 0.0514. The second kappa shape index (κ2) is 35.9. The molecular formula is C90H140O15. The van der Waals surface area contributed by atoms with Gasteiger partial charge in [0, 0.05) is 30.6 Å². The van der Waals surface area contributed by atoms with Gasteiger partial charge in [0.25, 0.3) is 0 Å². The molecule has 15 heteroatoms. The minimum atomic E-state index is -0.555. The maximum Gasteiger partial charge on any atom is 0.340 e. The first-order chi connectivity index (χ1) is 48.9. The van der Waals surface area contributed by atoms with Gasteiger partial charge in [0.05, 0.1) is 46.0 Å². The van der Waals surface area contributed by atoms with Gasteiger partial charge < -0.3 is 48.5 Å². The molecule has 16 atom stereocenters.